The van der Waals surface area contributed by atoms with Gasteiger partial charge in [0.1, 0.15) is 0 Å². The topological polar surface area (TPSA) is 0 Å². The number of hydrogen-bond donors (Lipinski definition) is 0. The lowest BCUT2D eigenvalue weighted by molar-refractivity contribution is 0.530. The molecule has 0 N–H and O–H groups in total. The summed E-state index contributed by atoms with van der Waals surface area (Å²) in [6.07, 6.45) is 22.1. The van der Waals surface area contributed by atoms with Crippen molar-refractivity contribution in [1.29, 1.82) is 0 Å². The third kappa shape index (κ3) is 15.1. The van der Waals surface area contributed by atoms with Crippen LogP contribution in [0.2, 0.25) is 25.2 Å². The zero-order chi connectivity index (χ0) is 16.7. The summed E-state index contributed by atoms with van der Waals surface area (Å²) in [5.41, 5.74) is 1.00. The standard InChI is InChI=1S/C21H46Si/c1-6-7-8-9-10-11-12-13-14-15-16-17-18-19-20-21(2)22(3,4)5/h21H,6-20H2,1-5H3. The molecule has 0 bridgehead atoms. The van der Waals surface area contributed by atoms with Crippen LogP contribution in [0.15, 0.2) is 0 Å². The largest absolute Gasteiger partial charge is 0.0694 e. The fourth-order valence-electron chi connectivity index (χ4n) is 3.08. The van der Waals surface area contributed by atoms with Gasteiger partial charge < -0.3 is 0 Å². The molecule has 0 aliphatic heterocycles. The third-order valence-corrected chi connectivity index (χ3v) is 8.71. The van der Waals surface area contributed by atoms with Crippen LogP contribution >= 0.6 is 0 Å². The summed E-state index contributed by atoms with van der Waals surface area (Å²) < 4.78 is 0. The van der Waals surface area contributed by atoms with E-state index in [1.165, 1.54) is 96.3 Å². The zero-order valence-electron chi connectivity index (χ0n) is 16.7. The van der Waals surface area contributed by atoms with Gasteiger partial charge in [0.2, 0.25) is 0 Å². The Morgan fingerprint density at radius 2 is 0.864 bits per heavy atom. The highest BCUT2D eigenvalue weighted by Gasteiger charge is 2.21. The minimum Gasteiger partial charge on any atom is -0.0694 e. The van der Waals surface area contributed by atoms with Gasteiger partial charge in [-0.15, -0.1) is 0 Å². The Morgan fingerprint density at radius 3 is 1.18 bits per heavy atom. The van der Waals surface area contributed by atoms with E-state index in [4.69, 9.17) is 0 Å². The van der Waals surface area contributed by atoms with E-state index in [9.17, 15) is 0 Å². The van der Waals surface area contributed by atoms with E-state index >= 15 is 0 Å². The molecule has 1 heteroatoms. The van der Waals surface area contributed by atoms with Gasteiger partial charge >= 0.3 is 0 Å². The molecule has 0 heterocycles. The summed E-state index contributed by atoms with van der Waals surface area (Å²) in [4.78, 5) is 0. The van der Waals surface area contributed by atoms with Gasteiger partial charge in [0.25, 0.3) is 0 Å². The Balaban J connectivity index is 3.12. The van der Waals surface area contributed by atoms with E-state index in [1.54, 1.807) is 0 Å². The van der Waals surface area contributed by atoms with Crippen LogP contribution in [0, 0.1) is 0 Å². The highest BCUT2D eigenvalue weighted by molar-refractivity contribution is 6.77. The van der Waals surface area contributed by atoms with Gasteiger partial charge in [0, 0.05) is 8.07 Å². The second kappa shape index (κ2) is 14.8. The Labute approximate surface area is 143 Å². The van der Waals surface area contributed by atoms with Crippen LogP contribution < -0.4 is 0 Å². The average Bonchev–Trinajstić information content (AvgIpc) is 2.46. The molecule has 0 saturated carbocycles. The highest BCUT2D eigenvalue weighted by Crippen LogP contribution is 2.27. The number of hydrogen-bond acceptors (Lipinski definition) is 0. The van der Waals surface area contributed by atoms with Crippen LogP contribution in [-0.4, -0.2) is 8.07 Å². The average molecular weight is 327 g/mol. The Morgan fingerprint density at radius 1 is 0.545 bits per heavy atom. The number of rotatable bonds is 16. The molecule has 0 rings (SSSR count). The van der Waals surface area contributed by atoms with Crippen LogP contribution in [0.3, 0.4) is 0 Å². The van der Waals surface area contributed by atoms with E-state index in [2.05, 4.69) is 33.5 Å². The van der Waals surface area contributed by atoms with Crippen molar-refractivity contribution in [1.82, 2.24) is 0 Å². The molecule has 0 fully saturated rings. The molecule has 1 atom stereocenters. The van der Waals surface area contributed by atoms with Crippen LogP contribution in [-0.2, 0) is 0 Å². The summed E-state index contributed by atoms with van der Waals surface area (Å²) in [7, 11) is -0.866. The maximum atomic E-state index is 2.52. The normalized spacial score (nSPS) is 13.5. The molecule has 0 radical (unpaired) electrons. The van der Waals surface area contributed by atoms with Crippen molar-refractivity contribution in [3.63, 3.8) is 0 Å². The second-order valence-electron chi connectivity index (χ2n) is 8.65. The van der Waals surface area contributed by atoms with E-state index in [-0.39, 0.29) is 0 Å². The van der Waals surface area contributed by atoms with Crippen molar-refractivity contribution in [2.24, 2.45) is 0 Å². The summed E-state index contributed by atoms with van der Waals surface area (Å²) >= 11 is 0. The molecule has 0 aliphatic carbocycles. The molecule has 22 heavy (non-hydrogen) atoms. The van der Waals surface area contributed by atoms with Crippen LogP contribution in [0.5, 0.6) is 0 Å². The van der Waals surface area contributed by atoms with Gasteiger partial charge in [0.05, 0.1) is 0 Å². The monoisotopic (exact) mass is 326 g/mol. The van der Waals surface area contributed by atoms with Crippen molar-refractivity contribution in [3.05, 3.63) is 0 Å². The summed E-state index contributed by atoms with van der Waals surface area (Å²) in [5.74, 6) is 0. The number of unbranched alkanes of at least 4 members (excludes halogenated alkanes) is 13. The second-order valence-corrected chi connectivity index (χ2v) is 14.4. The van der Waals surface area contributed by atoms with E-state index < -0.39 is 8.07 Å². The molecule has 0 aromatic carbocycles. The SMILES string of the molecule is CCCCCCCCCCCCCCCCC(C)[Si](C)(C)C. The molecule has 1 unspecified atom stereocenters. The summed E-state index contributed by atoms with van der Waals surface area (Å²) in [5, 5.41) is 0. The first-order valence-electron chi connectivity index (χ1n) is 10.5. The van der Waals surface area contributed by atoms with Gasteiger partial charge in [-0.1, -0.05) is 130 Å². The Kier molecular flexibility index (Phi) is 14.9. The molecule has 0 aromatic heterocycles. The molecule has 0 nitrogen and oxygen atoms in total. The molecule has 0 aromatic rings. The minimum atomic E-state index is -0.866. The van der Waals surface area contributed by atoms with Crippen molar-refractivity contribution in [3.8, 4) is 0 Å². The fourth-order valence-corrected chi connectivity index (χ4v) is 4.15. The van der Waals surface area contributed by atoms with E-state index in [0.717, 1.165) is 5.54 Å². The van der Waals surface area contributed by atoms with Gasteiger partial charge in [0.15, 0.2) is 0 Å². The van der Waals surface area contributed by atoms with Gasteiger partial charge in [-0.2, -0.15) is 0 Å². The zero-order valence-corrected chi connectivity index (χ0v) is 17.7. The third-order valence-electron chi connectivity index (χ3n) is 5.47. The van der Waals surface area contributed by atoms with Crippen molar-refractivity contribution >= 4 is 8.07 Å². The fraction of sp³-hybridized carbons (Fsp3) is 1.00. The Bertz CT molecular complexity index is 216. The van der Waals surface area contributed by atoms with Crippen molar-refractivity contribution < 1.29 is 0 Å². The maximum Gasteiger partial charge on any atom is 0.0471 e. The minimum absolute atomic E-state index is 0.866. The molecule has 0 aliphatic rings. The quantitative estimate of drug-likeness (QED) is 0.197. The van der Waals surface area contributed by atoms with Crippen molar-refractivity contribution in [2.45, 2.75) is 135 Å². The van der Waals surface area contributed by atoms with Gasteiger partial charge in [-0.05, 0) is 5.54 Å². The van der Waals surface area contributed by atoms with E-state index in [1.807, 2.05) is 0 Å². The lowest BCUT2D eigenvalue weighted by atomic mass is 10.0. The molecular formula is C21H46Si. The maximum absolute atomic E-state index is 2.52. The van der Waals surface area contributed by atoms with Crippen LogP contribution in [0.1, 0.15) is 110 Å². The molecule has 0 amide bonds. The molecule has 0 saturated heterocycles. The van der Waals surface area contributed by atoms with Gasteiger partial charge in [-0.25, -0.2) is 0 Å². The first-order valence-corrected chi connectivity index (χ1v) is 14.1. The van der Waals surface area contributed by atoms with Crippen LogP contribution in [0.25, 0.3) is 0 Å². The van der Waals surface area contributed by atoms with Crippen molar-refractivity contribution in [2.75, 3.05) is 0 Å². The lowest BCUT2D eigenvalue weighted by Gasteiger charge is -2.24. The lowest BCUT2D eigenvalue weighted by Crippen LogP contribution is -2.25. The predicted molar refractivity (Wildman–Crippen MR) is 108 cm³/mol. The highest BCUT2D eigenvalue weighted by atomic mass is 28.3. The summed E-state index contributed by atoms with van der Waals surface area (Å²) in [6.45, 7) is 12.3. The van der Waals surface area contributed by atoms with Crippen LogP contribution in [0.4, 0.5) is 0 Å². The summed E-state index contributed by atoms with van der Waals surface area (Å²) in [6, 6.07) is 0. The predicted octanol–water partition coefficient (Wildman–Crippen LogP) is 8.59. The molecule has 134 valence electrons. The first kappa shape index (κ1) is 22.2. The van der Waals surface area contributed by atoms with E-state index in [0.29, 0.717) is 0 Å². The first-order chi connectivity index (χ1) is 10.5. The smallest absolute Gasteiger partial charge is 0.0471 e. The molecular weight excluding hydrogens is 280 g/mol. The Hall–Kier alpha value is 0.217. The molecule has 0 spiro atoms. The van der Waals surface area contributed by atoms with Gasteiger partial charge in [-0.3, -0.25) is 0 Å².